The van der Waals surface area contributed by atoms with Gasteiger partial charge in [-0.05, 0) is 0 Å². The van der Waals surface area contributed by atoms with E-state index in [0.29, 0.717) is 12.1 Å². The molecule has 0 bridgehead atoms. The van der Waals surface area contributed by atoms with Crippen LogP contribution in [0.3, 0.4) is 0 Å². The molecule has 1 aromatic rings. The summed E-state index contributed by atoms with van der Waals surface area (Å²) in [5.41, 5.74) is -3.90. The molecule has 1 heterocycles. The Kier molecular flexibility index (Phi) is 5.33. The van der Waals surface area contributed by atoms with Crippen molar-refractivity contribution in [3.05, 3.63) is 37.9 Å². The van der Waals surface area contributed by atoms with Crippen molar-refractivity contribution in [2.45, 2.75) is 19.5 Å². The van der Waals surface area contributed by atoms with E-state index < -0.39 is 38.6 Å². The molecule has 0 unspecified atom stereocenters. The zero-order valence-corrected chi connectivity index (χ0v) is 13.7. The van der Waals surface area contributed by atoms with Crippen LogP contribution in [0, 0.1) is 20.2 Å². The van der Waals surface area contributed by atoms with Crippen LogP contribution in [0.25, 0.3) is 0 Å². The Balaban J connectivity index is 2.49. The van der Waals surface area contributed by atoms with Crippen LogP contribution in [-0.2, 0) is 11.0 Å². The molecule has 1 fully saturated rings. The number of hydrogen-bond donors (Lipinski definition) is 0. The van der Waals surface area contributed by atoms with Crippen molar-refractivity contribution in [2.75, 3.05) is 31.1 Å². The second-order valence-corrected chi connectivity index (χ2v) is 5.60. The third kappa shape index (κ3) is 3.83. The number of nitrogens with zero attached hydrogens (tertiary/aromatic N) is 4. The van der Waals surface area contributed by atoms with Crippen LogP contribution in [0.4, 0.5) is 30.2 Å². The predicted octanol–water partition coefficient (Wildman–Crippen LogP) is 2.58. The highest BCUT2D eigenvalue weighted by Gasteiger charge is 2.39. The fraction of sp³-hybridized carbons (Fsp3) is 0.500. The molecule has 0 spiro atoms. The Bertz CT molecular complexity index is 710. The van der Waals surface area contributed by atoms with Crippen molar-refractivity contribution < 1.29 is 27.8 Å². The maximum atomic E-state index is 12.9. The number of carbonyl (C=O) groups excluding carboxylic acids is 1. The van der Waals surface area contributed by atoms with Crippen LogP contribution >= 0.6 is 0 Å². The number of piperazine rings is 1. The SMILES string of the molecule is CCC(=O)N1CCN(c2c([N+](=O)[O-])cc(C(F)(F)F)cc2[N+](=O)[O-])CC1. The van der Waals surface area contributed by atoms with Gasteiger partial charge in [-0.3, -0.25) is 25.0 Å². The van der Waals surface area contributed by atoms with Gasteiger partial charge in [0.2, 0.25) is 5.91 Å². The summed E-state index contributed by atoms with van der Waals surface area (Å²) in [5, 5.41) is 22.5. The molecule has 12 heteroatoms. The van der Waals surface area contributed by atoms with E-state index in [-0.39, 0.29) is 38.5 Å². The molecule has 0 atom stereocenters. The smallest absolute Gasteiger partial charge is 0.357 e. The van der Waals surface area contributed by atoms with E-state index >= 15 is 0 Å². The topological polar surface area (TPSA) is 110 Å². The molecule has 142 valence electrons. The average molecular weight is 376 g/mol. The molecule has 1 aliphatic rings. The monoisotopic (exact) mass is 376 g/mol. The molecule has 1 saturated heterocycles. The van der Waals surface area contributed by atoms with Crippen molar-refractivity contribution in [2.24, 2.45) is 0 Å². The van der Waals surface area contributed by atoms with Crippen LogP contribution in [0.15, 0.2) is 12.1 Å². The van der Waals surface area contributed by atoms with Gasteiger partial charge in [-0.1, -0.05) is 6.92 Å². The summed E-state index contributed by atoms with van der Waals surface area (Å²) in [6.07, 6.45) is -4.69. The molecule has 1 aromatic carbocycles. The quantitative estimate of drug-likeness (QED) is 0.590. The molecule has 0 saturated carbocycles. The number of nitro benzene ring substituents is 2. The van der Waals surface area contributed by atoms with E-state index in [1.54, 1.807) is 6.92 Å². The van der Waals surface area contributed by atoms with Crippen LogP contribution in [0.1, 0.15) is 18.9 Å². The van der Waals surface area contributed by atoms with Crippen molar-refractivity contribution in [1.29, 1.82) is 0 Å². The van der Waals surface area contributed by atoms with E-state index in [0.717, 1.165) is 0 Å². The van der Waals surface area contributed by atoms with Gasteiger partial charge in [0.25, 0.3) is 11.4 Å². The lowest BCUT2D eigenvalue weighted by molar-refractivity contribution is -0.393. The molecule has 0 aliphatic carbocycles. The number of benzene rings is 1. The first-order valence-corrected chi connectivity index (χ1v) is 7.63. The standard InChI is InChI=1S/C14H15F3N4O5/c1-2-12(22)18-3-5-19(6-4-18)13-10(20(23)24)7-9(14(15,16)17)8-11(13)21(25)26/h7-8H,2-6H2,1H3. The molecule has 2 rings (SSSR count). The van der Waals surface area contributed by atoms with Crippen molar-refractivity contribution >= 4 is 23.0 Å². The van der Waals surface area contributed by atoms with Gasteiger partial charge >= 0.3 is 6.18 Å². The number of halogens is 3. The molecular weight excluding hydrogens is 361 g/mol. The van der Waals surface area contributed by atoms with Gasteiger partial charge in [0.1, 0.15) is 0 Å². The van der Waals surface area contributed by atoms with Gasteiger partial charge in [0, 0.05) is 44.7 Å². The fourth-order valence-corrected chi connectivity index (χ4v) is 2.77. The number of hydrogen-bond acceptors (Lipinski definition) is 6. The molecule has 0 radical (unpaired) electrons. The lowest BCUT2D eigenvalue weighted by Gasteiger charge is -2.35. The Morgan fingerprint density at radius 1 is 1.08 bits per heavy atom. The number of anilines is 1. The lowest BCUT2D eigenvalue weighted by atomic mass is 10.1. The van der Waals surface area contributed by atoms with Gasteiger partial charge < -0.3 is 9.80 Å². The Morgan fingerprint density at radius 2 is 1.54 bits per heavy atom. The van der Waals surface area contributed by atoms with Crippen LogP contribution in [0.2, 0.25) is 0 Å². The number of rotatable bonds is 4. The first-order valence-electron chi connectivity index (χ1n) is 7.63. The predicted molar refractivity (Wildman–Crippen MR) is 83.8 cm³/mol. The minimum absolute atomic E-state index is 0.0405. The van der Waals surface area contributed by atoms with Gasteiger partial charge in [-0.25, -0.2) is 0 Å². The Morgan fingerprint density at radius 3 is 1.88 bits per heavy atom. The highest BCUT2D eigenvalue weighted by molar-refractivity contribution is 5.78. The second-order valence-electron chi connectivity index (χ2n) is 5.60. The van der Waals surface area contributed by atoms with Crippen molar-refractivity contribution in [3.63, 3.8) is 0 Å². The number of nitro groups is 2. The van der Waals surface area contributed by atoms with Crippen molar-refractivity contribution in [3.8, 4) is 0 Å². The summed E-state index contributed by atoms with van der Waals surface area (Å²) in [6.45, 7) is 2.09. The summed E-state index contributed by atoms with van der Waals surface area (Å²) in [6, 6.07) is 0.595. The minimum Gasteiger partial charge on any atom is -0.357 e. The second kappa shape index (κ2) is 7.14. The molecule has 0 aromatic heterocycles. The Labute approximate surface area is 145 Å². The first-order chi connectivity index (χ1) is 12.1. The van der Waals surface area contributed by atoms with E-state index in [4.69, 9.17) is 0 Å². The Hall–Kier alpha value is -2.92. The minimum atomic E-state index is -4.96. The number of alkyl halides is 3. The van der Waals surface area contributed by atoms with Crippen LogP contribution in [0.5, 0.6) is 0 Å². The van der Waals surface area contributed by atoms with Crippen LogP contribution in [-0.4, -0.2) is 46.8 Å². The zero-order chi connectivity index (χ0) is 19.6. The van der Waals surface area contributed by atoms with Crippen LogP contribution < -0.4 is 4.90 Å². The lowest BCUT2D eigenvalue weighted by Crippen LogP contribution is -2.48. The number of carbonyl (C=O) groups is 1. The van der Waals surface area contributed by atoms with E-state index in [1.807, 2.05) is 0 Å². The molecule has 26 heavy (non-hydrogen) atoms. The van der Waals surface area contributed by atoms with Crippen molar-refractivity contribution in [1.82, 2.24) is 4.90 Å². The highest BCUT2D eigenvalue weighted by atomic mass is 19.4. The normalized spacial score (nSPS) is 15.1. The number of amides is 1. The zero-order valence-electron chi connectivity index (χ0n) is 13.7. The maximum absolute atomic E-state index is 12.9. The van der Waals surface area contributed by atoms with E-state index in [9.17, 15) is 38.2 Å². The molecule has 9 nitrogen and oxygen atoms in total. The summed E-state index contributed by atoms with van der Waals surface area (Å²) in [5.74, 6) is -0.138. The van der Waals surface area contributed by atoms with Gasteiger partial charge in [0.15, 0.2) is 5.69 Å². The van der Waals surface area contributed by atoms with Gasteiger partial charge in [-0.15, -0.1) is 0 Å². The first kappa shape index (κ1) is 19.4. The summed E-state index contributed by atoms with van der Waals surface area (Å²) >= 11 is 0. The van der Waals surface area contributed by atoms with E-state index in [1.165, 1.54) is 9.80 Å². The largest absolute Gasteiger partial charge is 0.416 e. The molecule has 1 amide bonds. The van der Waals surface area contributed by atoms with Gasteiger partial charge in [-0.2, -0.15) is 13.2 Å². The molecular formula is C14H15F3N4O5. The molecule has 0 N–H and O–H groups in total. The highest BCUT2D eigenvalue weighted by Crippen LogP contribution is 2.43. The summed E-state index contributed by atoms with van der Waals surface area (Å²) < 4.78 is 38.8. The summed E-state index contributed by atoms with van der Waals surface area (Å²) in [4.78, 5) is 34.8. The van der Waals surface area contributed by atoms with Gasteiger partial charge in [0.05, 0.1) is 15.4 Å². The third-order valence-corrected chi connectivity index (χ3v) is 4.04. The fourth-order valence-electron chi connectivity index (χ4n) is 2.77. The third-order valence-electron chi connectivity index (χ3n) is 4.04. The maximum Gasteiger partial charge on any atom is 0.416 e. The average Bonchev–Trinajstić information content (AvgIpc) is 2.59. The van der Waals surface area contributed by atoms with E-state index in [2.05, 4.69) is 0 Å². The summed E-state index contributed by atoms with van der Waals surface area (Å²) in [7, 11) is 0. The molecule has 1 aliphatic heterocycles.